The molecule has 1 unspecified atom stereocenters. The maximum atomic E-state index is 13.3. The van der Waals surface area contributed by atoms with Crippen LogP contribution in [-0.4, -0.2) is 14.0 Å². The molecular weight excluding hydrogens is 373 g/mol. The van der Waals surface area contributed by atoms with Crippen molar-refractivity contribution in [3.8, 4) is 0 Å². The van der Waals surface area contributed by atoms with Gasteiger partial charge in [-0.25, -0.2) is 4.39 Å². The van der Waals surface area contributed by atoms with E-state index in [1.54, 1.807) is 0 Å². The van der Waals surface area contributed by atoms with Gasteiger partial charge in [-0.15, -0.1) is 0 Å². The molecule has 1 atom stereocenters. The number of unbranched alkanes of at least 4 members (excludes halogenated alkanes) is 3. The fourth-order valence-electron chi connectivity index (χ4n) is 4.47. The van der Waals surface area contributed by atoms with Gasteiger partial charge in [-0.3, -0.25) is 0 Å². The van der Waals surface area contributed by atoms with E-state index < -0.39 is 14.6 Å². The number of aryl methyl sites for hydroxylation is 4. The summed E-state index contributed by atoms with van der Waals surface area (Å²) in [6.07, 6.45) is 7.27. The van der Waals surface area contributed by atoms with E-state index in [0.717, 1.165) is 11.9 Å². The highest BCUT2D eigenvalue weighted by Crippen LogP contribution is 2.52. The van der Waals surface area contributed by atoms with E-state index in [2.05, 4.69) is 61.2 Å². The Balaban J connectivity index is 2.50. The van der Waals surface area contributed by atoms with Crippen molar-refractivity contribution in [2.24, 2.45) is 0 Å². The van der Waals surface area contributed by atoms with Crippen molar-refractivity contribution in [2.75, 3.05) is 6.16 Å². The smallest absolute Gasteiger partial charge is 0.115 e. The maximum Gasteiger partial charge on any atom is 0.115 e. The lowest BCUT2D eigenvalue weighted by molar-refractivity contribution is 0.485. The molecule has 0 saturated heterocycles. The van der Waals surface area contributed by atoms with Crippen LogP contribution >= 0.6 is 7.92 Å². The number of hydrogen-bond acceptors (Lipinski definition) is 0. The predicted octanol–water partition coefficient (Wildman–Crippen LogP) is 6.88. The number of hydrogen-bond donors (Lipinski definition) is 0. The molecule has 0 aromatic heterocycles. The Morgan fingerprint density at radius 1 is 0.897 bits per heavy atom. The van der Waals surface area contributed by atoms with Crippen molar-refractivity contribution in [3.05, 3.63) is 69.8 Å². The normalized spacial score (nSPS) is 12.2. The van der Waals surface area contributed by atoms with Crippen LogP contribution in [0.3, 0.4) is 0 Å². The average Bonchev–Trinajstić information content (AvgIpc) is 2.68. The summed E-state index contributed by atoms with van der Waals surface area (Å²) in [6, 6.07) is 8.72. The largest absolute Gasteiger partial charge is 0.246 e. The van der Waals surface area contributed by atoms with Gasteiger partial charge in [0.1, 0.15) is 14.5 Å². The first-order valence-corrected chi connectivity index (χ1v) is 12.6. The van der Waals surface area contributed by atoms with Gasteiger partial charge in [-0.2, -0.15) is 0 Å². The van der Waals surface area contributed by atoms with Crippen molar-refractivity contribution < 1.29 is 4.39 Å². The molecule has 2 aromatic rings. The third-order valence-electron chi connectivity index (χ3n) is 5.83. The topological polar surface area (TPSA) is 0 Å². The zero-order valence-corrected chi connectivity index (χ0v) is 20.2. The molecule has 0 fully saturated rings. The molecule has 0 spiro atoms. The van der Waals surface area contributed by atoms with Gasteiger partial charge < -0.3 is 0 Å². The minimum atomic E-state index is -0.532. The first-order valence-electron chi connectivity index (χ1n) is 11.1. The number of alkyl halides is 1. The lowest BCUT2D eigenvalue weighted by Gasteiger charge is -2.27. The van der Waals surface area contributed by atoms with Crippen LogP contribution in [0, 0.1) is 27.7 Å². The fraction of sp³-hybridized carbons (Fsp3) is 0.462. The zero-order valence-electron chi connectivity index (χ0n) is 19.3. The second-order valence-electron chi connectivity index (χ2n) is 8.33. The minimum absolute atomic E-state index is 0.395. The van der Waals surface area contributed by atoms with Crippen LogP contribution in [0.25, 0.3) is 5.31 Å². The molecule has 0 amide bonds. The van der Waals surface area contributed by atoms with Gasteiger partial charge in [0, 0.05) is 0 Å². The Morgan fingerprint density at radius 3 is 1.93 bits per heavy atom. The summed E-state index contributed by atoms with van der Waals surface area (Å²) in [4.78, 5) is 0. The highest BCUT2D eigenvalue weighted by atomic mass is 31.1. The Bertz CT molecular complexity index is 810. The minimum Gasteiger partial charge on any atom is -0.246 e. The summed E-state index contributed by atoms with van der Waals surface area (Å²) in [5.74, 6) is 0. The summed E-state index contributed by atoms with van der Waals surface area (Å²) in [5.41, 5.74) is 8.64. The van der Waals surface area contributed by atoms with E-state index in [4.69, 9.17) is 0 Å². The van der Waals surface area contributed by atoms with Gasteiger partial charge in [-0.05, 0) is 92.2 Å². The monoisotopic (exact) mass is 410 g/mol. The van der Waals surface area contributed by atoms with Crippen LogP contribution < -0.4 is 5.30 Å². The molecule has 0 saturated carbocycles. The molecule has 0 aliphatic carbocycles. The van der Waals surface area contributed by atoms with Gasteiger partial charge >= 0.3 is 0 Å². The lowest BCUT2D eigenvalue weighted by Crippen LogP contribution is -2.14. The second-order valence-corrected chi connectivity index (χ2v) is 10.6. The highest BCUT2D eigenvalue weighted by molar-refractivity contribution is 7.75. The van der Waals surface area contributed by atoms with Gasteiger partial charge in [0.05, 0.1) is 0 Å². The number of halogens is 1. The molecule has 0 aliphatic heterocycles. The fourth-order valence-corrected chi connectivity index (χ4v) is 7.38. The third-order valence-corrected chi connectivity index (χ3v) is 8.71. The van der Waals surface area contributed by atoms with E-state index >= 15 is 0 Å². The van der Waals surface area contributed by atoms with Crippen molar-refractivity contribution in [1.82, 2.24) is 0 Å². The molecule has 0 heterocycles. The highest BCUT2D eigenvalue weighted by Gasteiger charge is 2.23. The first-order chi connectivity index (χ1) is 13.8. The third kappa shape index (κ3) is 5.82. The molecule has 3 heteroatoms. The molecule has 2 aromatic carbocycles. The Morgan fingerprint density at radius 2 is 1.45 bits per heavy atom. The Hall–Kier alpha value is -1.40. The van der Waals surface area contributed by atoms with E-state index in [0.29, 0.717) is 0 Å². The summed E-state index contributed by atoms with van der Waals surface area (Å²) in [7, 11) is 1.68. The predicted molar refractivity (Wildman–Crippen MR) is 133 cm³/mol. The number of benzene rings is 2. The standard InChI is InChI=1S/C26H37BFP/c1-7-8-9-10-11-29(26-20(4)14-24(17-28)15-21(26)5)22(6)25-18(2)12-23(16-27)13-19(25)3/h12-15H,6-11,16-17,27H2,1-5H3. The van der Waals surface area contributed by atoms with Crippen LogP contribution in [0.15, 0.2) is 30.8 Å². The van der Waals surface area contributed by atoms with Crippen molar-refractivity contribution in [1.29, 1.82) is 0 Å². The Kier molecular flexibility index (Phi) is 9.16. The van der Waals surface area contributed by atoms with Crippen molar-refractivity contribution in [3.63, 3.8) is 0 Å². The van der Waals surface area contributed by atoms with Gasteiger partial charge in [0.2, 0.25) is 0 Å². The van der Waals surface area contributed by atoms with Crippen LogP contribution in [-0.2, 0) is 13.0 Å². The van der Waals surface area contributed by atoms with Crippen LogP contribution in [0.1, 0.15) is 71.6 Å². The molecule has 29 heavy (non-hydrogen) atoms. The molecule has 0 bridgehead atoms. The van der Waals surface area contributed by atoms with Crippen LogP contribution in [0.2, 0.25) is 0 Å². The van der Waals surface area contributed by atoms with E-state index in [-0.39, 0.29) is 0 Å². The zero-order chi connectivity index (χ0) is 21.6. The molecule has 0 radical (unpaired) electrons. The number of rotatable bonds is 10. The van der Waals surface area contributed by atoms with E-state index in [9.17, 15) is 4.39 Å². The van der Waals surface area contributed by atoms with Crippen LogP contribution in [0.5, 0.6) is 0 Å². The second kappa shape index (κ2) is 11.1. The summed E-state index contributed by atoms with van der Waals surface area (Å²) in [6.45, 7) is 15.3. The van der Waals surface area contributed by atoms with E-state index in [1.165, 1.54) is 75.8 Å². The van der Waals surface area contributed by atoms with Gasteiger partial charge in [-0.1, -0.05) is 68.9 Å². The molecule has 0 nitrogen and oxygen atoms in total. The summed E-state index contributed by atoms with van der Waals surface area (Å²) >= 11 is 0. The molecular formula is C26H37BFP. The van der Waals surface area contributed by atoms with Crippen LogP contribution in [0.4, 0.5) is 4.39 Å². The van der Waals surface area contributed by atoms with Crippen molar-refractivity contribution >= 4 is 26.4 Å². The maximum absolute atomic E-state index is 13.3. The molecule has 156 valence electrons. The quantitative estimate of drug-likeness (QED) is 0.228. The first kappa shape index (κ1) is 23.9. The Labute approximate surface area is 180 Å². The van der Waals surface area contributed by atoms with Gasteiger partial charge in [0.15, 0.2) is 0 Å². The summed E-state index contributed by atoms with van der Waals surface area (Å²) in [5, 5.41) is 2.70. The average molecular weight is 410 g/mol. The SMILES string of the molecule is BCc1cc(C)c(C(=C)P(CCCCCC)c2c(C)cc(CF)cc2C)c(C)c1. The molecule has 0 aliphatic rings. The molecule has 2 rings (SSSR count). The summed E-state index contributed by atoms with van der Waals surface area (Å²) < 4.78 is 13.3. The van der Waals surface area contributed by atoms with E-state index in [1.807, 2.05) is 12.1 Å². The lowest BCUT2D eigenvalue weighted by atomic mass is 9.91. The van der Waals surface area contributed by atoms with Crippen molar-refractivity contribution in [2.45, 2.75) is 73.3 Å². The van der Waals surface area contributed by atoms with Gasteiger partial charge in [0.25, 0.3) is 0 Å². The molecule has 0 N–H and O–H groups in total.